The fraction of sp³-hybridized carbons (Fsp3) is 0.353. The molecule has 3 rings (SSSR count). The van der Waals surface area contributed by atoms with Gasteiger partial charge in [0.1, 0.15) is 5.76 Å². The van der Waals surface area contributed by atoms with E-state index in [2.05, 4.69) is 10.5 Å². The molecule has 1 N–H and O–H groups in total. The summed E-state index contributed by atoms with van der Waals surface area (Å²) in [6.45, 7) is 3.25. The van der Waals surface area contributed by atoms with Crippen molar-refractivity contribution in [1.82, 2.24) is 10.1 Å². The largest absolute Gasteiger partial charge is 0.361 e. The first kappa shape index (κ1) is 15.3. The summed E-state index contributed by atoms with van der Waals surface area (Å²) in [4.78, 5) is 26.7. The third-order valence-electron chi connectivity index (χ3n) is 3.91. The molecular formula is C17H19N3O3. The van der Waals surface area contributed by atoms with Crippen molar-refractivity contribution in [2.24, 2.45) is 0 Å². The molecule has 1 aromatic carbocycles. The van der Waals surface area contributed by atoms with E-state index in [9.17, 15) is 9.59 Å². The summed E-state index contributed by atoms with van der Waals surface area (Å²) in [6.07, 6.45) is 3.21. The van der Waals surface area contributed by atoms with Crippen LogP contribution >= 0.6 is 0 Å². The number of aromatic nitrogens is 1. The quantitative estimate of drug-likeness (QED) is 0.945. The van der Waals surface area contributed by atoms with Gasteiger partial charge in [0.15, 0.2) is 5.69 Å². The summed E-state index contributed by atoms with van der Waals surface area (Å²) in [7, 11) is 0. The molecule has 1 aliphatic rings. The van der Waals surface area contributed by atoms with Crippen LogP contribution in [0.2, 0.25) is 0 Å². The first-order chi connectivity index (χ1) is 11.1. The molecular weight excluding hydrogens is 294 g/mol. The second-order valence-electron chi connectivity index (χ2n) is 5.68. The van der Waals surface area contributed by atoms with Crippen LogP contribution in [0.15, 0.2) is 34.9 Å². The van der Waals surface area contributed by atoms with Crippen LogP contribution in [0, 0.1) is 6.92 Å². The Morgan fingerprint density at radius 3 is 2.61 bits per heavy atom. The molecule has 23 heavy (non-hydrogen) atoms. The van der Waals surface area contributed by atoms with Crippen molar-refractivity contribution in [3.8, 4) is 0 Å². The summed E-state index contributed by atoms with van der Waals surface area (Å²) in [5.74, 6) is 0.130. The first-order valence-corrected chi connectivity index (χ1v) is 7.78. The van der Waals surface area contributed by atoms with Gasteiger partial charge in [-0.1, -0.05) is 17.3 Å². The zero-order valence-electron chi connectivity index (χ0n) is 13.0. The minimum absolute atomic E-state index is 0.0445. The van der Waals surface area contributed by atoms with Crippen LogP contribution in [-0.2, 0) is 0 Å². The molecule has 0 unspecified atom stereocenters. The van der Waals surface area contributed by atoms with E-state index in [1.54, 1.807) is 37.3 Å². The molecule has 6 heteroatoms. The Kier molecular flexibility index (Phi) is 4.41. The molecule has 0 radical (unpaired) electrons. The molecule has 2 aromatic rings. The maximum Gasteiger partial charge on any atom is 0.277 e. The van der Waals surface area contributed by atoms with Crippen LogP contribution < -0.4 is 5.32 Å². The molecule has 1 saturated heterocycles. The maximum absolute atomic E-state index is 12.7. The standard InChI is InChI=1S/C17H19N3O3/c1-12-11-15(19-23-12)16(21)18-14-8-4-3-7-13(14)17(22)20-9-5-2-6-10-20/h3-4,7-8,11H,2,5-6,9-10H2,1H3,(H,18,21). The Bertz CT molecular complexity index is 717. The summed E-state index contributed by atoms with van der Waals surface area (Å²) >= 11 is 0. The van der Waals surface area contributed by atoms with E-state index in [-0.39, 0.29) is 17.5 Å². The number of hydrogen-bond acceptors (Lipinski definition) is 4. The van der Waals surface area contributed by atoms with Crippen LogP contribution in [0.25, 0.3) is 0 Å². The van der Waals surface area contributed by atoms with E-state index in [1.165, 1.54) is 0 Å². The van der Waals surface area contributed by atoms with Gasteiger partial charge < -0.3 is 14.7 Å². The fourth-order valence-electron chi connectivity index (χ4n) is 2.71. The Hall–Kier alpha value is -2.63. The van der Waals surface area contributed by atoms with E-state index in [4.69, 9.17) is 4.52 Å². The molecule has 1 aromatic heterocycles. The molecule has 0 atom stereocenters. The van der Waals surface area contributed by atoms with Gasteiger partial charge in [-0.3, -0.25) is 9.59 Å². The second kappa shape index (κ2) is 6.64. The van der Waals surface area contributed by atoms with Gasteiger partial charge in [0.05, 0.1) is 11.3 Å². The van der Waals surface area contributed by atoms with Crippen molar-refractivity contribution in [2.75, 3.05) is 18.4 Å². The number of carbonyl (C=O) groups is 2. The zero-order chi connectivity index (χ0) is 16.2. The minimum atomic E-state index is -0.388. The molecule has 0 bridgehead atoms. The average molecular weight is 313 g/mol. The summed E-state index contributed by atoms with van der Waals surface area (Å²) < 4.78 is 4.91. The topological polar surface area (TPSA) is 75.4 Å². The third kappa shape index (κ3) is 3.41. The number of nitrogens with zero attached hydrogens (tertiary/aromatic N) is 2. The van der Waals surface area contributed by atoms with Crippen LogP contribution in [0.3, 0.4) is 0 Å². The van der Waals surface area contributed by atoms with Crippen LogP contribution in [0.5, 0.6) is 0 Å². The molecule has 2 amide bonds. The predicted octanol–water partition coefficient (Wildman–Crippen LogP) is 2.86. The summed E-state index contributed by atoms with van der Waals surface area (Å²) in [6, 6.07) is 8.61. The van der Waals surface area contributed by atoms with Crippen molar-refractivity contribution in [2.45, 2.75) is 26.2 Å². The highest BCUT2D eigenvalue weighted by atomic mass is 16.5. The Labute approximate surface area is 134 Å². The van der Waals surface area contributed by atoms with Crippen LogP contribution in [0.1, 0.15) is 45.9 Å². The van der Waals surface area contributed by atoms with E-state index in [0.29, 0.717) is 17.0 Å². The number of benzene rings is 1. The number of likely N-dealkylation sites (tertiary alicyclic amines) is 1. The van der Waals surface area contributed by atoms with Gasteiger partial charge in [0, 0.05) is 19.2 Å². The van der Waals surface area contributed by atoms with Gasteiger partial charge in [-0.15, -0.1) is 0 Å². The molecule has 6 nitrogen and oxygen atoms in total. The lowest BCUT2D eigenvalue weighted by molar-refractivity contribution is 0.0725. The Morgan fingerprint density at radius 1 is 1.17 bits per heavy atom. The number of para-hydroxylation sites is 1. The SMILES string of the molecule is Cc1cc(C(=O)Nc2ccccc2C(=O)N2CCCCC2)no1. The predicted molar refractivity (Wildman–Crippen MR) is 85.4 cm³/mol. The number of aryl methyl sites for hydroxylation is 1. The van der Waals surface area contributed by atoms with Gasteiger partial charge in [-0.2, -0.15) is 0 Å². The van der Waals surface area contributed by atoms with Crippen LogP contribution in [0.4, 0.5) is 5.69 Å². The molecule has 120 valence electrons. The molecule has 2 heterocycles. The maximum atomic E-state index is 12.7. The monoisotopic (exact) mass is 313 g/mol. The van der Waals surface area contributed by atoms with Crippen molar-refractivity contribution in [1.29, 1.82) is 0 Å². The number of piperidine rings is 1. The lowest BCUT2D eigenvalue weighted by Crippen LogP contribution is -2.36. The number of anilines is 1. The Morgan fingerprint density at radius 2 is 1.91 bits per heavy atom. The average Bonchev–Trinajstić information content (AvgIpc) is 3.02. The molecule has 0 aliphatic carbocycles. The van der Waals surface area contributed by atoms with Gasteiger partial charge in [-0.25, -0.2) is 0 Å². The number of rotatable bonds is 3. The lowest BCUT2D eigenvalue weighted by atomic mass is 10.1. The smallest absolute Gasteiger partial charge is 0.277 e. The lowest BCUT2D eigenvalue weighted by Gasteiger charge is -2.27. The number of amides is 2. The van der Waals surface area contributed by atoms with Crippen molar-refractivity contribution < 1.29 is 14.1 Å². The Balaban J connectivity index is 1.80. The van der Waals surface area contributed by atoms with Crippen molar-refractivity contribution in [3.05, 3.63) is 47.3 Å². The minimum Gasteiger partial charge on any atom is -0.361 e. The van der Waals surface area contributed by atoms with E-state index < -0.39 is 0 Å². The molecule has 1 aliphatic heterocycles. The van der Waals surface area contributed by atoms with Gasteiger partial charge in [-0.05, 0) is 38.3 Å². The van der Waals surface area contributed by atoms with E-state index in [1.807, 2.05) is 4.90 Å². The number of carbonyl (C=O) groups excluding carboxylic acids is 2. The van der Waals surface area contributed by atoms with Gasteiger partial charge in [0.25, 0.3) is 11.8 Å². The fourth-order valence-corrected chi connectivity index (χ4v) is 2.71. The van der Waals surface area contributed by atoms with Crippen molar-refractivity contribution in [3.63, 3.8) is 0 Å². The van der Waals surface area contributed by atoms with Crippen molar-refractivity contribution >= 4 is 17.5 Å². The normalized spacial score (nSPS) is 14.6. The number of nitrogens with one attached hydrogen (secondary N) is 1. The van der Waals surface area contributed by atoms with E-state index >= 15 is 0 Å². The highest BCUT2D eigenvalue weighted by molar-refractivity contribution is 6.08. The van der Waals surface area contributed by atoms with Gasteiger partial charge in [0.2, 0.25) is 0 Å². The second-order valence-corrected chi connectivity index (χ2v) is 5.68. The van der Waals surface area contributed by atoms with Gasteiger partial charge >= 0.3 is 0 Å². The highest BCUT2D eigenvalue weighted by Gasteiger charge is 2.22. The molecule has 0 spiro atoms. The summed E-state index contributed by atoms with van der Waals surface area (Å²) in [5.41, 5.74) is 1.19. The highest BCUT2D eigenvalue weighted by Crippen LogP contribution is 2.20. The summed E-state index contributed by atoms with van der Waals surface area (Å²) in [5, 5.41) is 6.45. The third-order valence-corrected chi connectivity index (χ3v) is 3.91. The van der Waals surface area contributed by atoms with Crippen LogP contribution in [-0.4, -0.2) is 35.0 Å². The number of hydrogen-bond donors (Lipinski definition) is 1. The first-order valence-electron chi connectivity index (χ1n) is 7.78. The zero-order valence-corrected chi connectivity index (χ0v) is 13.0. The van der Waals surface area contributed by atoms with E-state index in [0.717, 1.165) is 32.4 Å². The molecule has 1 fully saturated rings. The molecule has 0 saturated carbocycles.